The Hall–Kier alpha value is -2.27. The fraction of sp³-hybridized carbons (Fsp3) is 0.611. The smallest absolute Gasteiger partial charge is 0.410 e. The van der Waals surface area contributed by atoms with E-state index >= 15 is 0 Å². The second-order valence-electron chi connectivity index (χ2n) is 7.17. The van der Waals surface area contributed by atoms with E-state index in [2.05, 4.69) is 10.0 Å². The van der Waals surface area contributed by atoms with Crippen LogP contribution in [0.4, 0.5) is 9.18 Å². The summed E-state index contributed by atoms with van der Waals surface area (Å²) < 4.78 is 19.8. The van der Waals surface area contributed by atoms with E-state index in [4.69, 9.17) is 10.3 Å². The number of rotatable bonds is 3. The molecule has 1 saturated heterocycles. The van der Waals surface area contributed by atoms with E-state index in [0.29, 0.717) is 32.4 Å². The summed E-state index contributed by atoms with van der Waals surface area (Å²) in [5.41, 5.74) is 9.38. The van der Waals surface area contributed by atoms with Crippen LogP contribution < -0.4 is 0 Å². The quantitative estimate of drug-likeness (QED) is 0.460. The van der Waals surface area contributed by atoms with E-state index in [1.54, 1.807) is 4.90 Å². The van der Waals surface area contributed by atoms with Crippen LogP contribution in [0.15, 0.2) is 35.4 Å². The molecular formula is C18H23FN4O2. The molecule has 0 N–H and O–H groups in total. The minimum Gasteiger partial charge on any atom is -0.445 e. The Balaban J connectivity index is 1.57. The number of carbonyl (C=O) groups is 1. The number of hydrogen-bond acceptors (Lipinski definition) is 3. The summed E-state index contributed by atoms with van der Waals surface area (Å²) in [6.07, 6.45) is 0.531. The van der Waals surface area contributed by atoms with Gasteiger partial charge in [-0.15, -0.1) is 0 Å². The monoisotopic (exact) mass is 346 g/mol. The molecular weight excluding hydrogens is 323 g/mol. The highest BCUT2D eigenvalue weighted by atomic mass is 19.1. The number of alkyl halides is 1. The minimum atomic E-state index is -1.10. The first kappa shape index (κ1) is 17.5. The van der Waals surface area contributed by atoms with Crippen LogP contribution in [0.2, 0.25) is 0 Å². The summed E-state index contributed by atoms with van der Waals surface area (Å²) in [7, 11) is 0. The number of piperidine rings is 1. The zero-order valence-corrected chi connectivity index (χ0v) is 14.3. The van der Waals surface area contributed by atoms with Gasteiger partial charge in [0.05, 0.1) is 6.04 Å². The van der Waals surface area contributed by atoms with Gasteiger partial charge in [-0.25, -0.2) is 9.18 Å². The lowest BCUT2D eigenvalue weighted by Crippen LogP contribution is -2.46. The summed E-state index contributed by atoms with van der Waals surface area (Å²) in [6.45, 7) is 3.11. The SMILES string of the molecule is C[C@@H]1CC2(CCN(C(=O)OCc3ccccc3)CC2)[C@H](N=[N+]=[N-])[C@H]1F. The summed E-state index contributed by atoms with van der Waals surface area (Å²) in [5, 5.41) is 3.75. The van der Waals surface area contributed by atoms with Crippen LogP contribution in [0.1, 0.15) is 31.7 Å². The van der Waals surface area contributed by atoms with E-state index in [1.165, 1.54) is 0 Å². The molecule has 0 radical (unpaired) electrons. The fourth-order valence-electron chi connectivity index (χ4n) is 4.21. The predicted octanol–water partition coefficient (Wildman–Crippen LogP) is 4.46. The number of amides is 1. The van der Waals surface area contributed by atoms with Crippen molar-refractivity contribution >= 4 is 6.09 Å². The third-order valence-corrected chi connectivity index (χ3v) is 5.60. The van der Waals surface area contributed by atoms with E-state index in [-0.39, 0.29) is 24.0 Å². The standard InChI is InChI=1S/C18H23FN4O2/c1-13-11-18(16(15(13)19)21-22-20)7-9-23(10-8-18)17(24)25-12-14-5-3-2-4-6-14/h2-6,13,15-16H,7-12H2,1H3/t13-,15+,16-/m1/s1. The maximum Gasteiger partial charge on any atom is 0.410 e. The molecule has 1 amide bonds. The van der Waals surface area contributed by atoms with E-state index < -0.39 is 12.2 Å². The second-order valence-corrected chi connectivity index (χ2v) is 7.17. The average Bonchev–Trinajstić information content (AvgIpc) is 2.86. The third kappa shape index (κ3) is 3.56. The number of ether oxygens (including phenoxy) is 1. The molecule has 2 aliphatic rings. The summed E-state index contributed by atoms with van der Waals surface area (Å²) in [6, 6.07) is 8.90. The predicted molar refractivity (Wildman–Crippen MR) is 91.5 cm³/mol. The van der Waals surface area contributed by atoms with Gasteiger partial charge in [0.25, 0.3) is 0 Å². The van der Waals surface area contributed by atoms with Crippen molar-refractivity contribution in [1.29, 1.82) is 0 Å². The van der Waals surface area contributed by atoms with E-state index in [0.717, 1.165) is 5.56 Å². The Morgan fingerprint density at radius 3 is 2.72 bits per heavy atom. The Bertz CT molecular complexity index is 654. The van der Waals surface area contributed by atoms with Crippen molar-refractivity contribution in [3.63, 3.8) is 0 Å². The van der Waals surface area contributed by atoms with Crippen LogP contribution in [0.3, 0.4) is 0 Å². The summed E-state index contributed by atoms with van der Waals surface area (Å²) >= 11 is 0. The molecule has 0 unspecified atom stereocenters. The van der Waals surface area contributed by atoms with E-state index in [1.807, 2.05) is 37.3 Å². The van der Waals surface area contributed by atoms with Crippen molar-refractivity contribution in [2.24, 2.45) is 16.4 Å². The van der Waals surface area contributed by atoms with Crippen LogP contribution in [-0.2, 0) is 11.3 Å². The van der Waals surface area contributed by atoms with Gasteiger partial charge in [-0.3, -0.25) is 0 Å². The molecule has 2 fully saturated rings. The highest BCUT2D eigenvalue weighted by molar-refractivity contribution is 5.67. The van der Waals surface area contributed by atoms with Crippen molar-refractivity contribution in [1.82, 2.24) is 4.90 Å². The lowest BCUT2D eigenvalue weighted by molar-refractivity contribution is 0.0540. The van der Waals surface area contributed by atoms with Gasteiger partial charge >= 0.3 is 6.09 Å². The van der Waals surface area contributed by atoms with Crippen LogP contribution in [0.5, 0.6) is 0 Å². The summed E-state index contributed by atoms with van der Waals surface area (Å²) in [5.74, 6) is -0.118. The Labute approximate surface area is 146 Å². The van der Waals surface area contributed by atoms with Crippen molar-refractivity contribution in [3.05, 3.63) is 46.3 Å². The van der Waals surface area contributed by atoms with Gasteiger partial charge in [-0.1, -0.05) is 42.4 Å². The average molecular weight is 346 g/mol. The fourth-order valence-corrected chi connectivity index (χ4v) is 4.21. The molecule has 3 rings (SSSR count). The first-order valence-corrected chi connectivity index (χ1v) is 8.70. The number of nitrogens with zero attached hydrogens (tertiary/aromatic N) is 4. The molecule has 1 aromatic carbocycles. The van der Waals surface area contributed by atoms with Crippen LogP contribution in [0.25, 0.3) is 10.4 Å². The number of likely N-dealkylation sites (tertiary alicyclic amines) is 1. The largest absolute Gasteiger partial charge is 0.445 e. The van der Waals surface area contributed by atoms with Gasteiger partial charge < -0.3 is 9.64 Å². The van der Waals surface area contributed by atoms with Gasteiger partial charge in [0.1, 0.15) is 12.8 Å². The number of carbonyl (C=O) groups excluding carboxylic acids is 1. The topological polar surface area (TPSA) is 78.3 Å². The first-order valence-electron chi connectivity index (χ1n) is 8.70. The molecule has 0 aromatic heterocycles. The van der Waals surface area contributed by atoms with Crippen molar-refractivity contribution in [2.75, 3.05) is 13.1 Å². The molecule has 6 nitrogen and oxygen atoms in total. The minimum absolute atomic E-state index is 0.118. The molecule has 25 heavy (non-hydrogen) atoms. The van der Waals surface area contributed by atoms with Gasteiger partial charge in [0.2, 0.25) is 0 Å². The molecule has 0 bridgehead atoms. The normalized spacial score (nSPS) is 27.8. The van der Waals surface area contributed by atoms with Gasteiger partial charge in [0.15, 0.2) is 0 Å². The lowest BCUT2D eigenvalue weighted by atomic mass is 9.74. The first-order chi connectivity index (χ1) is 12.1. The molecule has 1 heterocycles. The van der Waals surface area contributed by atoms with Crippen molar-refractivity contribution < 1.29 is 13.9 Å². The van der Waals surface area contributed by atoms with Gasteiger partial charge in [-0.05, 0) is 41.7 Å². The van der Waals surface area contributed by atoms with Crippen molar-refractivity contribution in [3.8, 4) is 0 Å². The number of hydrogen-bond donors (Lipinski definition) is 0. The highest BCUT2D eigenvalue weighted by Crippen LogP contribution is 2.51. The maximum atomic E-state index is 14.4. The zero-order valence-electron chi connectivity index (χ0n) is 14.3. The third-order valence-electron chi connectivity index (χ3n) is 5.60. The molecule has 134 valence electrons. The number of halogens is 1. The Morgan fingerprint density at radius 2 is 2.08 bits per heavy atom. The van der Waals surface area contributed by atoms with Crippen LogP contribution in [-0.4, -0.2) is 36.3 Å². The molecule has 1 aliphatic heterocycles. The molecule has 1 aromatic rings. The van der Waals surface area contributed by atoms with Crippen molar-refractivity contribution in [2.45, 2.75) is 45.0 Å². The van der Waals surface area contributed by atoms with Crippen LogP contribution in [0, 0.1) is 11.3 Å². The molecule has 7 heteroatoms. The second kappa shape index (κ2) is 7.31. The molecule has 1 saturated carbocycles. The van der Waals surface area contributed by atoms with Gasteiger partial charge in [-0.2, -0.15) is 0 Å². The number of azide groups is 1. The summed E-state index contributed by atoms with van der Waals surface area (Å²) in [4.78, 5) is 16.8. The lowest BCUT2D eigenvalue weighted by Gasteiger charge is -2.41. The van der Waals surface area contributed by atoms with Crippen LogP contribution >= 0.6 is 0 Å². The van der Waals surface area contributed by atoms with Gasteiger partial charge in [0, 0.05) is 18.0 Å². The zero-order chi connectivity index (χ0) is 17.9. The Kier molecular flexibility index (Phi) is 5.13. The Morgan fingerprint density at radius 1 is 1.40 bits per heavy atom. The molecule has 1 spiro atoms. The maximum absolute atomic E-state index is 14.4. The van der Waals surface area contributed by atoms with E-state index in [9.17, 15) is 9.18 Å². The molecule has 3 atom stereocenters. The highest BCUT2D eigenvalue weighted by Gasteiger charge is 2.53. The number of benzene rings is 1. The molecule has 1 aliphatic carbocycles.